The van der Waals surface area contributed by atoms with E-state index in [4.69, 9.17) is 5.26 Å². The van der Waals surface area contributed by atoms with Crippen molar-refractivity contribution in [3.63, 3.8) is 0 Å². The lowest BCUT2D eigenvalue weighted by Gasteiger charge is -2.35. The molecule has 0 radical (unpaired) electrons. The summed E-state index contributed by atoms with van der Waals surface area (Å²) in [5, 5.41) is 29.8. The number of aromatic nitrogens is 2. The molecule has 2 N–H and O–H groups in total. The fourth-order valence-corrected chi connectivity index (χ4v) is 3.45. The van der Waals surface area contributed by atoms with E-state index in [1.54, 1.807) is 30.5 Å². The molecule has 3 rings (SSSR count). The van der Waals surface area contributed by atoms with Crippen molar-refractivity contribution in [2.75, 3.05) is 19.6 Å². The highest BCUT2D eigenvalue weighted by Crippen LogP contribution is 2.30. The van der Waals surface area contributed by atoms with Crippen LogP contribution in [0.1, 0.15) is 42.0 Å². The lowest BCUT2D eigenvalue weighted by atomic mass is 9.90. The van der Waals surface area contributed by atoms with Crippen molar-refractivity contribution < 1.29 is 10.2 Å². The zero-order chi connectivity index (χ0) is 17.8. The second-order valence-corrected chi connectivity index (χ2v) is 6.73. The molecule has 0 saturated carbocycles. The molecule has 0 aliphatic carbocycles. The number of nitrogens with zero attached hydrogens (tertiary/aromatic N) is 4. The summed E-state index contributed by atoms with van der Waals surface area (Å²) in [7, 11) is 1.90. The Hall–Kier alpha value is -2.20. The molecular formula is C19H24N4O2. The Morgan fingerprint density at radius 2 is 1.92 bits per heavy atom. The Labute approximate surface area is 148 Å². The van der Waals surface area contributed by atoms with Crippen LogP contribution in [0.2, 0.25) is 0 Å². The molecule has 2 heterocycles. The van der Waals surface area contributed by atoms with Crippen molar-refractivity contribution >= 4 is 0 Å². The number of piperidine rings is 1. The largest absolute Gasteiger partial charge is 0.387 e. The molecule has 0 bridgehead atoms. The van der Waals surface area contributed by atoms with Gasteiger partial charge in [0, 0.05) is 26.0 Å². The Balaban J connectivity index is 1.52. The first-order valence-electron chi connectivity index (χ1n) is 8.64. The highest BCUT2D eigenvalue weighted by atomic mass is 16.3. The number of hydrogen-bond donors (Lipinski definition) is 2. The topological polar surface area (TPSA) is 85.3 Å². The van der Waals surface area contributed by atoms with Crippen molar-refractivity contribution in [1.82, 2.24) is 14.5 Å². The predicted octanol–water partition coefficient (Wildman–Crippen LogP) is 1.77. The zero-order valence-corrected chi connectivity index (χ0v) is 14.4. The Morgan fingerprint density at radius 1 is 1.24 bits per heavy atom. The van der Waals surface area contributed by atoms with E-state index in [2.05, 4.69) is 16.0 Å². The van der Waals surface area contributed by atoms with E-state index < -0.39 is 12.2 Å². The van der Waals surface area contributed by atoms with Crippen LogP contribution in [0.3, 0.4) is 0 Å². The number of rotatable bonds is 5. The van der Waals surface area contributed by atoms with Crippen molar-refractivity contribution in [1.29, 1.82) is 5.26 Å². The molecular weight excluding hydrogens is 316 g/mol. The lowest BCUT2D eigenvalue weighted by Crippen LogP contribution is -2.38. The molecule has 1 saturated heterocycles. The first kappa shape index (κ1) is 17.6. The number of aliphatic hydroxyl groups is 2. The lowest BCUT2D eigenvalue weighted by molar-refractivity contribution is 0.0346. The maximum Gasteiger partial charge on any atom is 0.137 e. The van der Waals surface area contributed by atoms with Crippen LogP contribution in [-0.4, -0.2) is 44.3 Å². The number of benzene rings is 1. The number of aliphatic hydroxyl groups excluding tert-OH is 2. The summed E-state index contributed by atoms with van der Waals surface area (Å²) in [6, 6.07) is 9.16. The Kier molecular flexibility index (Phi) is 5.49. The van der Waals surface area contributed by atoms with Crippen molar-refractivity contribution in [3.8, 4) is 6.07 Å². The fourth-order valence-electron chi connectivity index (χ4n) is 3.45. The average molecular weight is 340 g/mol. The third-order valence-electron chi connectivity index (χ3n) is 5.06. The Bertz CT molecular complexity index is 727. The summed E-state index contributed by atoms with van der Waals surface area (Å²) < 4.78 is 1.87. The third-order valence-corrected chi connectivity index (χ3v) is 5.06. The standard InChI is InChI=1S/C19H24N4O2/c1-22-11-8-21-19(22)18(25)16-6-9-23(10-7-16)13-17(24)15-4-2-14(12-20)3-5-15/h2-5,8,11,16-18,24-25H,6-7,9-10,13H2,1H3. The zero-order valence-electron chi connectivity index (χ0n) is 14.4. The molecule has 132 valence electrons. The minimum absolute atomic E-state index is 0.199. The molecule has 2 atom stereocenters. The summed E-state index contributed by atoms with van der Waals surface area (Å²) in [6.45, 7) is 2.26. The van der Waals surface area contributed by atoms with Gasteiger partial charge in [0.2, 0.25) is 0 Å². The van der Waals surface area contributed by atoms with Gasteiger partial charge in [-0.2, -0.15) is 5.26 Å². The summed E-state index contributed by atoms with van der Waals surface area (Å²) in [5.41, 5.74) is 1.43. The van der Waals surface area contributed by atoms with Gasteiger partial charge in [0.1, 0.15) is 11.9 Å². The number of hydrogen-bond acceptors (Lipinski definition) is 5. The molecule has 1 aromatic heterocycles. The molecule has 0 spiro atoms. The van der Waals surface area contributed by atoms with Crippen LogP contribution >= 0.6 is 0 Å². The van der Waals surface area contributed by atoms with Gasteiger partial charge in [0.25, 0.3) is 0 Å². The predicted molar refractivity (Wildman–Crippen MR) is 93.4 cm³/mol. The number of β-amino-alcohol motifs (C(OH)–C–C–N with tert-alkyl or cyclic N) is 1. The van der Waals surface area contributed by atoms with Gasteiger partial charge in [0.05, 0.1) is 17.7 Å². The summed E-state index contributed by atoms with van der Waals surface area (Å²) in [5.74, 6) is 0.917. The molecule has 1 aliphatic rings. The van der Waals surface area contributed by atoms with E-state index in [-0.39, 0.29) is 5.92 Å². The van der Waals surface area contributed by atoms with E-state index in [0.717, 1.165) is 37.3 Å². The second kappa shape index (κ2) is 7.79. The number of imidazole rings is 1. The van der Waals surface area contributed by atoms with Crippen LogP contribution in [0.25, 0.3) is 0 Å². The normalized spacial score (nSPS) is 18.6. The smallest absolute Gasteiger partial charge is 0.137 e. The Morgan fingerprint density at radius 3 is 2.48 bits per heavy atom. The maximum atomic E-state index is 10.5. The third kappa shape index (κ3) is 4.07. The van der Waals surface area contributed by atoms with Crippen LogP contribution in [0.4, 0.5) is 0 Å². The minimum atomic E-state index is -0.566. The first-order chi connectivity index (χ1) is 12.1. The summed E-state index contributed by atoms with van der Waals surface area (Å²) in [4.78, 5) is 6.48. The molecule has 1 fully saturated rings. The van der Waals surface area contributed by atoms with E-state index in [9.17, 15) is 10.2 Å². The number of likely N-dealkylation sites (tertiary alicyclic amines) is 1. The fraction of sp³-hybridized carbons (Fsp3) is 0.474. The van der Waals surface area contributed by atoms with E-state index in [1.165, 1.54) is 0 Å². The molecule has 1 aliphatic heterocycles. The minimum Gasteiger partial charge on any atom is -0.387 e. The molecule has 2 aromatic rings. The van der Waals surface area contributed by atoms with Gasteiger partial charge < -0.3 is 19.7 Å². The van der Waals surface area contributed by atoms with E-state index >= 15 is 0 Å². The number of aryl methyl sites for hydroxylation is 1. The van der Waals surface area contributed by atoms with Crippen LogP contribution < -0.4 is 0 Å². The monoisotopic (exact) mass is 340 g/mol. The maximum absolute atomic E-state index is 10.5. The van der Waals surface area contributed by atoms with Crippen molar-refractivity contribution in [3.05, 3.63) is 53.6 Å². The van der Waals surface area contributed by atoms with Gasteiger partial charge in [-0.05, 0) is 49.5 Å². The molecule has 1 aromatic carbocycles. The van der Waals surface area contributed by atoms with Crippen LogP contribution in [0.5, 0.6) is 0 Å². The van der Waals surface area contributed by atoms with Crippen LogP contribution in [0, 0.1) is 17.2 Å². The first-order valence-corrected chi connectivity index (χ1v) is 8.64. The quantitative estimate of drug-likeness (QED) is 0.866. The van der Waals surface area contributed by atoms with Gasteiger partial charge in [-0.3, -0.25) is 0 Å². The average Bonchev–Trinajstić information content (AvgIpc) is 3.07. The highest BCUT2D eigenvalue weighted by Gasteiger charge is 2.29. The summed E-state index contributed by atoms with van der Waals surface area (Å²) in [6.07, 6.45) is 4.22. The van der Waals surface area contributed by atoms with Gasteiger partial charge in [-0.1, -0.05) is 12.1 Å². The van der Waals surface area contributed by atoms with E-state index in [1.807, 2.05) is 17.8 Å². The molecule has 2 unspecified atom stereocenters. The van der Waals surface area contributed by atoms with Gasteiger partial charge in [0.15, 0.2) is 0 Å². The molecule has 25 heavy (non-hydrogen) atoms. The number of nitriles is 1. The van der Waals surface area contributed by atoms with Gasteiger partial charge in [-0.15, -0.1) is 0 Å². The van der Waals surface area contributed by atoms with Crippen molar-refractivity contribution in [2.24, 2.45) is 13.0 Å². The van der Waals surface area contributed by atoms with Crippen molar-refractivity contribution in [2.45, 2.75) is 25.0 Å². The SMILES string of the molecule is Cn1ccnc1C(O)C1CCN(CC(O)c2ccc(C#N)cc2)CC1. The van der Waals surface area contributed by atoms with E-state index in [0.29, 0.717) is 12.1 Å². The summed E-state index contributed by atoms with van der Waals surface area (Å²) >= 11 is 0. The van der Waals surface area contributed by atoms with Gasteiger partial charge >= 0.3 is 0 Å². The molecule has 6 nitrogen and oxygen atoms in total. The molecule has 6 heteroatoms. The van der Waals surface area contributed by atoms with Crippen LogP contribution in [0.15, 0.2) is 36.7 Å². The second-order valence-electron chi connectivity index (χ2n) is 6.73. The van der Waals surface area contributed by atoms with Crippen LogP contribution in [-0.2, 0) is 7.05 Å². The van der Waals surface area contributed by atoms with Gasteiger partial charge in [-0.25, -0.2) is 4.98 Å². The highest BCUT2D eigenvalue weighted by molar-refractivity contribution is 5.32. The molecule has 0 amide bonds.